The van der Waals surface area contributed by atoms with Crippen molar-refractivity contribution in [3.63, 3.8) is 0 Å². The number of rotatable bonds is 3. The summed E-state index contributed by atoms with van der Waals surface area (Å²) in [6, 6.07) is 10.7. The van der Waals surface area contributed by atoms with Crippen molar-refractivity contribution in [3.05, 3.63) is 47.5 Å². The summed E-state index contributed by atoms with van der Waals surface area (Å²) in [6.07, 6.45) is 7.91. The molecule has 2 aliphatic carbocycles. The lowest BCUT2D eigenvalue weighted by atomic mass is 9.81. The smallest absolute Gasteiger partial charge is 0.333 e. The molecule has 2 aliphatic rings. The van der Waals surface area contributed by atoms with Gasteiger partial charge in [-0.3, -0.25) is 0 Å². The normalized spacial score (nSPS) is 28.6. The van der Waals surface area contributed by atoms with E-state index < -0.39 is 0 Å². The van der Waals surface area contributed by atoms with Gasteiger partial charge in [-0.05, 0) is 55.4 Å². The van der Waals surface area contributed by atoms with Crippen LogP contribution in [0.15, 0.2) is 42.0 Å². The Labute approximate surface area is 120 Å². The minimum atomic E-state index is -0.111. The van der Waals surface area contributed by atoms with Crippen LogP contribution in [0, 0.1) is 17.8 Å². The Morgan fingerprint density at radius 1 is 1.25 bits per heavy atom. The number of esters is 1. The quantitative estimate of drug-likeness (QED) is 0.782. The van der Waals surface area contributed by atoms with Crippen LogP contribution in [0.1, 0.15) is 31.2 Å². The molecular weight excluding hydrogens is 248 g/mol. The van der Waals surface area contributed by atoms with Crippen LogP contribution in [0.2, 0.25) is 0 Å². The van der Waals surface area contributed by atoms with Crippen molar-refractivity contribution in [3.8, 4) is 0 Å². The van der Waals surface area contributed by atoms with E-state index in [4.69, 9.17) is 4.74 Å². The third kappa shape index (κ3) is 2.65. The molecule has 0 aliphatic heterocycles. The highest BCUT2D eigenvalue weighted by Crippen LogP contribution is 2.46. The molecule has 20 heavy (non-hydrogen) atoms. The van der Waals surface area contributed by atoms with Crippen LogP contribution in [0.5, 0.6) is 0 Å². The molecule has 0 amide bonds. The summed E-state index contributed by atoms with van der Waals surface area (Å²) in [6.45, 7) is 0. The van der Waals surface area contributed by atoms with Gasteiger partial charge in [0.25, 0.3) is 0 Å². The van der Waals surface area contributed by atoms with Gasteiger partial charge in [-0.2, -0.15) is 0 Å². The molecule has 3 rings (SSSR count). The van der Waals surface area contributed by atoms with Crippen molar-refractivity contribution in [2.75, 3.05) is 7.11 Å². The Morgan fingerprint density at radius 2 is 2.05 bits per heavy atom. The number of allylic oxidation sites excluding steroid dienone is 1. The van der Waals surface area contributed by atoms with Crippen molar-refractivity contribution in [1.29, 1.82) is 0 Å². The fourth-order valence-corrected chi connectivity index (χ4v) is 4.01. The second-order valence-corrected chi connectivity index (χ2v) is 6.12. The van der Waals surface area contributed by atoms with Crippen LogP contribution in [-0.2, 0) is 16.0 Å². The Morgan fingerprint density at radius 3 is 2.80 bits per heavy atom. The van der Waals surface area contributed by atoms with Gasteiger partial charge in [-0.15, -0.1) is 0 Å². The number of benzene rings is 1. The second-order valence-electron chi connectivity index (χ2n) is 6.12. The zero-order valence-corrected chi connectivity index (χ0v) is 12.0. The molecule has 1 aromatic rings. The Kier molecular flexibility index (Phi) is 3.90. The first kappa shape index (κ1) is 13.4. The summed E-state index contributed by atoms with van der Waals surface area (Å²) in [5, 5.41) is 0. The molecule has 0 bridgehead atoms. The predicted octanol–water partition coefficient (Wildman–Crippen LogP) is 3.76. The Balaban J connectivity index is 1.69. The lowest BCUT2D eigenvalue weighted by Crippen LogP contribution is -2.21. The number of hydrogen-bond acceptors (Lipinski definition) is 2. The summed E-state index contributed by atoms with van der Waals surface area (Å²) in [5.74, 6) is 1.71. The van der Waals surface area contributed by atoms with E-state index in [9.17, 15) is 4.79 Å². The summed E-state index contributed by atoms with van der Waals surface area (Å²) in [7, 11) is 1.49. The maximum Gasteiger partial charge on any atom is 0.333 e. The Bertz CT molecular complexity index is 503. The van der Waals surface area contributed by atoms with Gasteiger partial charge >= 0.3 is 5.97 Å². The first-order valence-corrected chi connectivity index (χ1v) is 7.60. The first-order valence-electron chi connectivity index (χ1n) is 7.60. The number of ether oxygens (including phenoxy) is 1. The highest BCUT2D eigenvalue weighted by molar-refractivity contribution is 5.89. The van der Waals surface area contributed by atoms with Crippen LogP contribution in [0.25, 0.3) is 0 Å². The van der Waals surface area contributed by atoms with Crippen LogP contribution in [-0.4, -0.2) is 13.1 Å². The standard InChI is InChI=1S/C18H22O2/c1-20-18(19)16-9-5-8-15-11-14(12-17(15)16)10-13-6-3-2-4-7-13/h2-4,6-7,9,14-15,17H,5,8,10-12H2,1H3/t14-,15?,17?/m1/s1. The molecule has 0 N–H and O–H groups in total. The molecule has 106 valence electrons. The van der Waals surface area contributed by atoms with Crippen LogP contribution in [0.3, 0.4) is 0 Å². The molecule has 3 atom stereocenters. The zero-order valence-electron chi connectivity index (χ0n) is 12.0. The lowest BCUT2D eigenvalue weighted by Gasteiger charge is -2.24. The van der Waals surface area contributed by atoms with Gasteiger partial charge in [0.15, 0.2) is 0 Å². The van der Waals surface area contributed by atoms with Gasteiger partial charge in [0.2, 0.25) is 0 Å². The van der Waals surface area contributed by atoms with Crippen LogP contribution in [0.4, 0.5) is 0 Å². The number of fused-ring (bicyclic) bond motifs is 1. The fraction of sp³-hybridized carbons (Fsp3) is 0.500. The molecule has 0 saturated heterocycles. The molecule has 0 spiro atoms. The predicted molar refractivity (Wildman–Crippen MR) is 79.2 cm³/mol. The average Bonchev–Trinajstić information content (AvgIpc) is 2.89. The van der Waals surface area contributed by atoms with E-state index >= 15 is 0 Å². The van der Waals surface area contributed by atoms with E-state index in [1.807, 2.05) is 0 Å². The molecule has 0 radical (unpaired) electrons. The van der Waals surface area contributed by atoms with E-state index in [2.05, 4.69) is 36.4 Å². The monoisotopic (exact) mass is 270 g/mol. The molecule has 0 aromatic heterocycles. The molecule has 2 nitrogen and oxygen atoms in total. The molecule has 1 aromatic carbocycles. The van der Waals surface area contributed by atoms with E-state index in [-0.39, 0.29) is 5.97 Å². The summed E-state index contributed by atoms with van der Waals surface area (Å²) in [4.78, 5) is 11.9. The molecule has 1 saturated carbocycles. The van der Waals surface area contributed by atoms with Crippen molar-refractivity contribution >= 4 is 5.97 Å². The van der Waals surface area contributed by atoms with Crippen LogP contribution >= 0.6 is 0 Å². The maximum absolute atomic E-state index is 11.9. The first-order chi connectivity index (χ1) is 9.78. The SMILES string of the molecule is COC(=O)C1=CCCC2C[C@@H](Cc3ccccc3)CC12. The van der Waals surface area contributed by atoms with Crippen molar-refractivity contribution < 1.29 is 9.53 Å². The van der Waals surface area contributed by atoms with Gasteiger partial charge in [0, 0.05) is 5.57 Å². The minimum absolute atomic E-state index is 0.111. The van der Waals surface area contributed by atoms with Gasteiger partial charge in [-0.25, -0.2) is 4.79 Å². The van der Waals surface area contributed by atoms with E-state index in [1.165, 1.54) is 25.5 Å². The summed E-state index contributed by atoms with van der Waals surface area (Å²) < 4.78 is 4.94. The fourth-order valence-electron chi connectivity index (χ4n) is 4.01. The van der Waals surface area contributed by atoms with Crippen molar-refractivity contribution in [2.24, 2.45) is 17.8 Å². The van der Waals surface area contributed by atoms with Gasteiger partial charge in [-0.1, -0.05) is 36.4 Å². The highest BCUT2D eigenvalue weighted by Gasteiger charge is 2.39. The van der Waals surface area contributed by atoms with Gasteiger partial charge in [0.05, 0.1) is 7.11 Å². The van der Waals surface area contributed by atoms with Gasteiger partial charge in [0.1, 0.15) is 0 Å². The number of carbonyl (C=O) groups excluding carboxylic acids is 1. The molecular formula is C18H22O2. The molecule has 0 heterocycles. The minimum Gasteiger partial charge on any atom is -0.466 e. The highest BCUT2D eigenvalue weighted by atomic mass is 16.5. The number of methoxy groups -OCH3 is 1. The number of hydrogen-bond donors (Lipinski definition) is 0. The van der Waals surface area contributed by atoms with E-state index in [1.54, 1.807) is 0 Å². The Hall–Kier alpha value is -1.57. The topological polar surface area (TPSA) is 26.3 Å². The van der Waals surface area contributed by atoms with Crippen molar-refractivity contribution in [1.82, 2.24) is 0 Å². The second kappa shape index (κ2) is 5.82. The summed E-state index contributed by atoms with van der Waals surface area (Å²) >= 11 is 0. The number of carbonyl (C=O) groups is 1. The third-order valence-corrected chi connectivity index (χ3v) is 4.88. The van der Waals surface area contributed by atoms with Gasteiger partial charge < -0.3 is 4.74 Å². The molecule has 2 unspecified atom stereocenters. The maximum atomic E-state index is 11.9. The van der Waals surface area contributed by atoms with E-state index in [0.717, 1.165) is 24.8 Å². The van der Waals surface area contributed by atoms with Crippen LogP contribution < -0.4 is 0 Å². The average molecular weight is 270 g/mol. The van der Waals surface area contributed by atoms with E-state index in [0.29, 0.717) is 17.8 Å². The summed E-state index contributed by atoms with van der Waals surface area (Å²) in [5.41, 5.74) is 2.36. The largest absolute Gasteiger partial charge is 0.466 e. The third-order valence-electron chi connectivity index (χ3n) is 4.88. The lowest BCUT2D eigenvalue weighted by molar-refractivity contribution is -0.137. The zero-order chi connectivity index (χ0) is 13.9. The molecule has 2 heteroatoms. The van der Waals surface area contributed by atoms with Crippen molar-refractivity contribution in [2.45, 2.75) is 32.1 Å². The molecule has 1 fully saturated rings.